The normalized spacial score (nSPS) is 18.4. The maximum atomic E-state index is 5.35. The lowest BCUT2D eigenvalue weighted by Crippen LogP contribution is -2.51. The molecule has 0 saturated carbocycles. The van der Waals surface area contributed by atoms with Crippen molar-refractivity contribution in [1.82, 2.24) is 5.32 Å². The third kappa shape index (κ3) is 2.25. The summed E-state index contributed by atoms with van der Waals surface area (Å²) in [7, 11) is 0. The average Bonchev–Trinajstić information content (AvgIpc) is 2.19. The number of thiocarbonyl (C=S) groups is 1. The van der Waals surface area contributed by atoms with Gasteiger partial charge in [0.15, 0.2) is 5.11 Å². The zero-order valence-corrected chi connectivity index (χ0v) is 10.6. The lowest BCUT2D eigenvalue weighted by Gasteiger charge is -2.34. The molecule has 0 saturated heterocycles. The number of nitrogens with zero attached hydrogens (tertiary/aromatic N) is 1. The smallest absolute Gasteiger partial charge is 0.178 e. The molecule has 0 radical (unpaired) electrons. The first-order valence-electron chi connectivity index (χ1n) is 5.35. The van der Waals surface area contributed by atoms with Gasteiger partial charge >= 0.3 is 0 Å². The summed E-state index contributed by atoms with van der Waals surface area (Å²) in [5.41, 5.74) is 2.29. The number of benzene rings is 1. The molecule has 1 aliphatic heterocycles. The summed E-state index contributed by atoms with van der Waals surface area (Å²) in [6, 6.07) is 8.33. The summed E-state index contributed by atoms with van der Waals surface area (Å²) in [6.07, 6.45) is 4.14. The van der Waals surface area contributed by atoms with E-state index in [1.54, 1.807) is 0 Å². The van der Waals surface area contributed by atoms with E-state index < -0.39 is 0 Å². The summed E-state index contributed by atoms with van der Waals surface area (Å²) < 4.78 is 0. The van der Waals surface area contributed by atoms with Gasteiger partial charge in [-0.15, -0.1) is 0 Å². The standard InChI is InChI=1S/C13H16N2S/c1-10-4-6-11(7-5-10)15-9-8-13(2,3)14-12(15)16/h4-9H,1-3H3,(H,14,16). The van der Waals surface area contributed by atoms with Gasteiger partial charge in [-0.1, -0.05) is 17.7 Å². The number of anilines is 1. The van der Waals surface area contributed by atoms with Gasteiger partial charge < -0.3 is 5.32 Å². The second-order valence-electron chi connectivity index (χ2n) is 4.67. The van der Waals surface area contributed by atoms with Gasteiger partial charge in [-0.05, 0) is 51.2 Å². The number of rotatable bonds is 1. The predicted molar refractivity (Wildman–Crippen MR) is 72.6 cm³/mol. The molecular weight excluding hydrogens is 216 g/mol. The van der Waals surface area contributed by atoms with Crippen LogP contribution >= 0.6 is 12.2 Å². The lowest BCUT2D eigenvalue weighted by molar-refractivity contribution is 0.566. The van der Waals surface area contributed by atoms with E-state index in [4.69, 9.17) is 12.2 Å². The van der Waals surface area contributed by atoms with Crippen molar-refractivity contribution in [3.63, 3.8) is 0 Å². The van der Waals surface area contributed by atoms with Crippen molar-refractivity contribution >= 4 is 23.0 Å². The second-order valence-corrected chi connectivity index (χ2v) is 5.06. The van der Waals surface area contributed by atoms with Crippen molar-refractivity contribution in [1.29, 1.82) is 0 Å². The Balaban J connectivity index is 2.29. The van der Waals surface area contributed by atoms with E-state index >= 15 is 0 Å². The first-order chi connectivity index (χ1) is 7.48. The van der Waals surface area contributed by atoms with Crippen LogP contribution in [0.1, 0.15) is 19.4 Å². The summed E-state index contributed by atoms with van der Waals surface area (Å²) in [4.78, 5) is 1.99. The van der Waals surface area contributed by atoms with E-state index in [9.17, 15) is 0 Å². The molecule has 0 amide bonds. The molecule has 1 N–H and O–H groups in total. The highest BCUT2D eigenvalue weighted by Gasteiger charge is 2.23. The van der Waals surface area contributed by atoms with E-state index in [0.29, 0.717) is 0 Å². The molecule has 1 aromatic rings. The maximum Gasteiger partial charge on any atom is 0.178 e. The average molecular weight is 232 g/mol. The molecule has 16 heavy (non-hydrogen) atoms. The Morgan fingerprint density at radius 3 is 2.38 bits per heavy atom. The Morgan fingerprint density at radius 2 is 1.81 bits per heavy atom. The van der Waals surface area contributed by atoms with Gasteiger partial charge in [0.25, 0.3) is 0 Å². The van der Waals surface area contributed by atoms with Crippen molar-refractivity contribution in [2.45, 2.75) is 26.3 Å². The molecule has 2 rings (SSSR count). The Kier molecular flexibility index (Phi) is 2.72. The molecule has 0 aromatic heterocycles. The van der Waals surface area contributed by atoms with Gasteiger partial charge in [0, 0.05) is 11.9 Å². The van der Waals surface area contributed by atoms with Crippen LogP contribution in [0.15, 0.2) is 36.5 Å². The summed E-state index contributed by atoms with van der Waals surface area (Å²) in [5, 5.41) is 4.04. The fourth-order valence-electron chi connectivity index (χ4n) is 1.61. The van der Waals surface area contributed by atoms with Gasteiger partial charge in [-0.3, -0.25) is 4.90 Å². The summed E-state index contributed by atoms with van der Waals surface area (Å²) in [6.45, 7) is 6.28. The minimum Gasteiger partial charge on any atom is -0.354 e. The Labute approximate surface area is 102 Å². The number of aryl methyl sites for hydroxylation is 1. The molecule has 3 heteroatoms. The van der Waals surface area contributed by atoms with Crippen LogP contribution in [0.4, 0.5) is 5.69 Å². The molecule has 0 bridgehead atoms. The topological polar surface area (TPSA) is 15.3 Å². The van der Waals surface area contributed by atoms with Crippen LogP contribution in [0.3, 0.4) is 0 Å². The largest absolute Gasteiger partial charge is 0.354 e. The first kappa shape index (κ1) is 11.1. The van der Waals surface area contributed by atoms with Crippen molar-refractivity contribution in [2.24, 2.45) is 0 Å². The van der Waals surface area contributed by atoms with E-state index in [0.717, 1.165) is 10.8 Å². The fourth-order valence-corrected chi connectivity index (χ4v) is 2.04. The lowest BCUT2D eigenvalue weighted by atomic mass is 10.0. The van der Waals surface area contributed by atoms with E-state index in [1.807, 2.05) is 11.1 Å². The highest BCUT2D eigenvalue weighted by Crippen LogP contribution is 2.20. The highest BCUT2D eigenvalue weighted by atomic mass is 32.1. The molecule has 1 heterocycles. The quantitative estimate of drug-likeness (QED) is 0.749. The molecule has 84 valence electrons. The number of hydrogen-bond acceptors (Lipinski definition) is 1. The number of hydrogen-bond donors (Lipinski definition) is 1. The van der Waals surface area contributed by atoms with E-state index in [2.05, 4.69) is 56.4 Å². The zero-order valence-electron chi connectivity index (χ0n) is 9.82. The van der Waals surface area contributed by atoms with Crippen LogP contribution in [0.25, 0.3) is 0 Å². The molecule has 1 aliphatic rings. The third-order valence-corrected chi connectivity index (χ3v) is 2.90. The summed E-state index contributed by atoms with van der Waals surface area (Å²) >= 11 is 5.35. The monoisotopic (exact) mass is 232 g/mol. The molecule has 0 unspecified atom stereocenters. The van der Waals surface area contributed by atoms with Crippen molar-refractivity contribution in [3.05, 3.63) is 42.1 Å². The van der Waals surface area contributed by atoms with Crippen molar-refractivity contribution in [3.8, 4) is 0 Å². The van der Waals surface area contributed by atoms with Crippen LogP contribution in [0.2, 0.25) is 0 Å². The van der Waals surface area contributed by atoms with Crippen LogP contribution in [0.5, 0.6) is 0 Å². The van der Waals surface area contributed by atoms with Crippen LogP contribution in [-0.2, 0) is 0 Å². The fraction of sp³-hybridized carbons (Fsp3) is 0.308. The molecule has 0 aliphatic carbocycles. The molecular formula is C13H16N2S. The first-order valence-corrected chi connectivity index (χ1v) is 5.76. The predicted octanol–water partition coefficient (Wildman–Crippen LogP) is 2.98. The highest BCUT2D eigenvalue weighted by molar-refractivity contribution is 7.80. The van der Waals surface area contributed by atoms with Gasteiger partial charge in [0.1, 0.15) is 0 Å². The number of nitrogens with one attached hydrogen (secondary N) is 1. The maximum absolute atomic E-state index is 5.35. The molecule has 0 atom stereocenters. The Morgan fingerprint density at radius 1 is 1.19 bits per heavy atom. The van der Waals surface area contributed by atoms with Gasteiger partial charge in [0.2, 0.25) is 0 Å². The van der Waals surface area contributed by atoms with E-state index in [1.165, 1.54) is 5.56 Å². The third-order valence-electron chi connectivity index (χ3n) is 2.60. The minimum absolute atomic E-state index is 0.0573. The molecule has 1 aromatic carbocycles. The SMILES string of the molecule is Cc1ccc(N2C=CC(C)(C)NC2=S)cc1. The van der Waals surface area contributed by atoms with Gasteiger partial charge in [-0.2, -0.15) is 0 Å². The van der Waals surface area contributed by atoms with Gasteiger partial charge in [0.05, 0.1) is 5.54 Å². The Hall–Kier alpha value is -1.35. The van der Waals surface area contributed by atoms with Crippen molar-refractivity contribution < 1.29 is 0 Å². The Bertz CT molecular complexity index is 432. The zero-order chi connectivity index (χ0) is 11.8. The van der Waals surface area contributed by atoms with E-state index in [-0.39, 0.29) is 5.54 Å². The molecule has 0 fully saturated rings. The van der Waals surface area contributed by atoms with Crippen LogP contribution in [-0.4, -0.2) is 10.7 Å². The van der Waals surface area contributed by atoms with Crippen molar-refractivity contribution in [2.75, 3.05) is 4.90 Å². The van der Waals surface area contributed by atoms with Crippen LogP contribution in [0, 0.1) is 6.92 Å². The summed E-state index contributed by atoms with van der Waals surface area (Å²) in [5.74, 6) is 0. The minimum atomic E-state index is -0.0573. The molecule has 2 nitrogen and oxygen atoms in total. The van der Waals surface area contributed by atoms with Gasteiger partial charge in [-0.25, -0.2) is 0 Å². The second kappa shape index (κ2) is 3.91. The molecule has 0 spiro atoms. The van der Waals surface area contributed by atoms with Crippen LogP contribution < -0.4 is 10.2 Å².